The molecule has 1 N–H and O–H groups in total. The van der Waals surface area contributed by atoms with Crippen LogP contribution in [0.3, 0.4) is 0 Å². The van der Waals surface area contributed by atoms with E-state index in [0.717, 1.165) is 24.3 Å². The van der Waals surface area contributed by atoms with Gasteiger partial charge in [0.1, 0.15) is 6.04 Å². The van der Waals surface area contributed by atoms with Gasteiger partial charge < -0.3 is 24.5 Å². The molecule has 3 aliphatic heterocycles. The maximum atomic E-state index is 15.1. The summed E-state index contributed by atoms with van der Waals surface area (Å²) in [5.41, 5.74) is 2.70. The molecule has 0 saturated carbocycles. The highest BCUT2D eigenvalue weighted by atomic mass is 79.9. The number of nitrogens with zero attached hydrogens (tertiary/aromatic N) is 3. The second-order valence-electron chi connectivity index (χ2n) is 12.1. The second kappa shape index (κ2) is 14.8. The predicted molar refractivity (Wildman–Crippen MR) is 188 cm³/mol. The number of ether oxygens (including phenoxy) is 1. The Morgan fingerprint density at radius 1 is 1.11 bits per heavy atom. The number of aliphatic hydroxyl groups excluding tert-OH is 1. The van der Waals surface area contributed by atoms with Crippen molar-refractivity contribution in [2.24, 2.45) is 11.8 Å². The lowest BCUT2D eigenvalue weighted by Crippen LogP contribution is -2.58. The number of amides is 2. The first-order valence-corrected chi connectivity index (χ1v) is 17.9. The molecular weight excluding hydrogens is 666 g/mol. The molecule has 2 aromatic carbocycles. The van der Waals surface area contributed by atoms with E-state index in [1.165, 1.54) is 0 Å². The van der Waals surface area contributed by atoms with E-state index in [0.29, 0.717) is 24.9 Å². The first-order valence-electron chi connectivity index (χ1n) is 16.1. The number of benzene rings is 2. The fourth-order valence-corrected chi connectivity index (χ4v) is 11.1. The Bertz CT molecular complexity index is 1420. The fraction of sp³-hybridized carbons (Fsp3) is 0.472. The van der Waals surface area contributed by atoms with Crippen molar-refractivity contribution >= 4 is 56.9 Å². The van der Waals surface area contributed by atoms with E-state index in [-0.39, 0.29) is 41.6 Å². The Hall–Kier alpha value is -3.08. The molecule has 3 unspecified atom stereocenters. The van der Waals surface area contributed by atoms with Gasteiger partial charge in [-0.2, -0.15) is 0 Å². The van der Waals surface area contributed by atoms with Crippen molar-refractivity contribution in [1.82, 2.24) is 4.90 Å². The van der Waals surface area contributed by atoms with E-state index in [4.69, 9.17) is 4.74 Å². The number of hydrogen-bond acceptors (Lipinski definition) is 7. The van der Waals surface area contributed by atoms with Crippen LogP contribution >= 0.6 is 27.7 Å². The van der Waals surface area contributed by atoms with Crippen LogP contribution in [0.25, 0.3) is 0 Å². The molecular formula is C36H44BrN3O5S. The monoisotopic (exact) mass is 709 g/mol. The Morgan fingerprint density at radius 2 is 1.78 bits per heavy atom. The van der Waals surface area contributed by atoms with Gasteiger partial charge in [0.25, 0.3) is 5.91 Å². The first kappa shape index (κ1) is 34.3. The van der Waals surface area contributed by atoms with Crippen molar-refractivity contribution in [2.75, 3.05) is 42.6 Å². The number of carbonyl (C=O) groups is 3. The van der Waals surface area contributed by atoms with Crippen LogP contribution in [0.2, 0.25) is 0 Å². The van der Waals surface area contributed by atoms with Crippen LogP contribution in [-0.4, -0.2) is 87.5 Å². The van der Waals surface area contributed by atoms with E-state index in [9.17, 15) is 14.7 Å². The Morgan fingerprint density at radius 3 is 2.39 bits per heavy atom. The second-order valence-corrected chi connectivity index (χ2v) is 14.8. The van der Waals surface area contributed by atoms with Crippen LogP contribution < -0.4 is 9.80 Å². The van der Waals surface area contributed by atoms with E-state index in [1.54, 1.807) is 33.7 Å². The molecule has 2 amide bonds. The third-order valence-corrected chi connectivity index (χ3v) is 12.8. The lowest BCUT2D eigenvalue weighted by atomic mass is 9.71. The lowest BCUT2D eigenvalue weighted by Gasteiger charge is -2.40. The van der Waals surface area contributed by atoms with Gasteiger partial charge in [-0.15, -0.1) is 24.9 Å². The van der Waals surface area contributed by atoms with Crippen molar-refractivity contribution < 1.29 is 24.2 Å². The zero-order valence-electron chi connectivity index (χ0n) is 26.6. The zero-order valence-corrected chi connectivity index (χ0v) is 29.0. The van der Waals surface area contributed by atoms with Gasteiger partial charge in [-0.25, -0.2) is 0 Å². The molecule has 2 bridgehead atoms. The summed E-state index contributed by atoms with van der Waals surface area (Å²) in [4.78, 5) is 48.8. The fourth-order valence-electron chi connectivity index (χ4n) is 7.52. The zero-order chi connectivity index (χ0) is 33.0. The summed E-state index contributed by atoms with van der Waals surface area (Å²) in [5, 5.41) is 10.6. The number of fused-ring (bicyclic) bond motifs is 1. The number of likely N-dealkylation sites (tertiary alicyclic amines) is 1. The number of hydrogen-bond donors (Lipinski definition) is 1. The summed E-state index contributed by atoms with van der Waals surface area (Å²) >= 11 is 5.38. The molecule has 10 heteroatoms. The molecule has 3 heterocycles. The number of esters is 1. The van der Waals surface area contributed by atoms with Crippen LogP contribution in [-0.2, 0) is 25.5 Å². The number of thioether (sulfide) groups is 1. The van der Waals surface area contributed by atoms with E-state index in [2.05, 4.69) is 47.8 Å². The number of carbonyl (C=O) groups excluding carboxylic acids is 3. The van der Waals surface area contributed by atoms with Gasteiger partial charge in [0.2, 0.25) is 5.91 Å². The summed E-state index contributed by atoms with van der Waals surface area (Å²) in [6.45, 7) is 13.7. The van der Waals surface area contributed by atoms with Crippen molar-refractivity contribution in [3.63, 3.8) is 0 Å². The minimum Gasteiger partial charge on any atom is -0.465 e. The van der Waals surface area contributed by atoms with E-state index < -0.39 is 34.6 Å². The predicted octanol–water partition coefficient (Wildman–Crippen LogP) is 5.24. The molecule has 246 valence electrons. The van der Waals surface area contributed by atoms with Gasteiger partial charge in [-0.3, -0.25) is 14.4 Å². The van der Waals surface area contributed by atoms with Crippen LogP contribution in [0.1, 0.15) is 32.3 Å². The van der Waals surface area contributed by atoms with Crippen molar-refractivity contribution in [3.05, 3.63) is 85.5 Å². The Balaban J connectivity index is 1.58. The van der Waals surface area contributed by atoms with Gasteiger partial charge in [-0.1, -0.05) is 58.4 Å². The molecule has 7 atom stereocenters. The Labute approximate surface area is 285 Å². The van der Waals surface area contributed by atoms with Gasteiger partial charge in [0.05, 0.1) is 35.8 Å². The lowest BCUT2D eigenvalue weighted by molar-refractivity contribution is -0.154. The topological polar surface area (TPSA) is 90.4 Å². The van der Waals surface area contributed by atoms with Crippen molar-refractivity contribution in [3.8, 4) is 0 Å². The van der Waals surface area contributed by atoms with Gasteiger partial charge in [0, 0.05) is 41.1 Å². The number of alkyl halides is 1. The molecule has 46 heavy (non-hydrogen) atoms. The van der Waals surface area contributed by atoms with Crippen molar-refractivity contribution in [1.29, 1.82) is 0 Å². The van der Waals surface area contributed by atoms with E-state index >= 15 is 4.79 Å². The van der Waals surface area contributed by atoms with Crippen LogP contribution in [0.5, 0.6) is 0 Å². The van der Waals surface area contributed by atoms with Crippen molar-refractivity contribution in [2.45, 2.75) is 60.0 Å². The largest absolute Gasteiger partial charge is 0.465 e. The van der Waals surface area contributed by atoms with E-state index in [1.807, 2.05) is 54.6 Å². The standard InChI is InChI=1S/C36H44BrN3O5S/c1-5-9-20-45-35(44)29-30-33(42)40(27(23-41)21-24-13-11-10-12-14-24)32(36(30)22-28(37)31(29)46-36)34(43)39(19-6-2)26-17-15-25(16-18-26)38(7-3)8-4/h5-6,10-18,27-32,41H,1-2,7-9,19-23H2,3-4H3/t27-,28?,29-,30+,31-,32?,36?/m1/s1. The van der Waals surface area contributed by atoms with Gasteiger partial charge in [0.15, 0.2) is 0 Å². The smallest absolute Gasteiger partial charge is 0.310 e. The number of rotatable bonds is 15. The molecule has 1 spiro atoms. The quantitative estimate of drug-likeness (QED) is 0.117. The maximum Gasteiger partial charge on any atom is 0.310 e. The third-order valence-electron chi connectivity index (χ3n) is 9.59. The molecule has 2 aromatic rings. The SMILES string of the molecule is C=CCCOC(=O)[C@H]1[C@@H]2SC3(CC2Br)C(C(=O)N(CC=C)c2ccc(N(CC)CC)cc2)N([C@@H](CO)Cc2ccccc2)C(=O)[C@H]13. The maximum absolute atomic E-state index is 15.1. The average molecular weight is 711 g/mol. The van der Waals surface area contributed by atoms with Crippen LogP contribution in [0, 0.1) is 11.8 Å². The summed E-state index contributed by atoms with van der Waals surface area (Å²) < 4.78 is 4.79. The number of aliphatic hydroxyl groups is 1. The molecule has 5 rings (SSSR count). The average Bonchev–Trinajstić information content (AvgIpc) is 3.67. The summed E-state index contributed by atoms with van der Waals surface area (Å²) in [7, 11) is 0. The highest BCUT2D eigenvalue weighted by Crippen LogP contribution is 2.68. The minimum absolute atomic E-state index is 0.0864. The molecule has 0 radical (unpaired) electrons. The highest BCUT2D eigenvalue weighted by Gasteiger charge is 2.76. The molecule has 3 fully saturated rings. The summed E-state index contributed by atoms with van der Waals surface area (Å²) in [5.74, 6) is -2.40. The van der Waals surface area contributed by atoms with Crippen LogP contribution in [0.15, 0.2) is 79.9 Å². The summed E-state index contributed by atoms with van der Waals surface area (Å²) in [6, 6.07) is 16.0. The van der Waals surface area contributed by atoms with Gasteiger partial charge in [-0.05, 0) is 62.9 Å². The van der Waals surface area contributed by atoms with Gasteiger partial charge >= 0.3 is 5.97 Å². The first-order chi connectivity index (χ1) is 22.3. The highest BCUT2D eigenvalue weighted by molar-refractivity contribution is 9.09. The molecule has 3 aliphatic rings. The normalized spacial score (nSPS) is 26.8. The minimum atomic E-state index is -0.908. The number of halogens is 1. The summed E-state index contributed by atoms with van der Waals surface area (Å²) in [6.07, 6.45) is 4.79. The Kier molecular flexibility index (Phi) is 11.0. The van der Waals surface area contributed by atoms with Crippen LogP contribution in [0.4, 0.5) is 11.4 Å². The molecule has 3 saturated heterocycles. The third kappa shape index (κ3) is 6.16. The molecule has 8 nitrogen and oxygen atoms in total. The molecule has 0 aliphatic carbocycles. The molecule has 0 aromatic heterocycles. The number of anilines is 2.